The highest BCUT2D eigenvalue weighted by Crippen LogP contribution is 2.32. The number of thiazole rings is 1. The molecule has 2 unspecified atom stereocenters. The maximum absolute atomic E-state index is 9.71. The van der Waals surface area contributed by atoms with Gasteiger partial charge in [-0.15, -0.1) is 11.3 Å². The molecule has 12 heavy (non-hydrogen) atoms. The molecule has 0 saturated heterocycles. The van der Waals surface area contributed by atoms with Crippen LogP contribution in [0.5, 0.6) is 0 Å². The Hall–Kier alpha value is -0.410. The Morgan fingerprint density at radius 1 is 1.42 bits per heavy atom. The molecule has 0 aliphatic heterocycles. The Bertz CT molecular complexity index is 235. The highest BCUT2D eigenvalue weighted by atomic mass is 32.1. The van der Waals surface area contributed by atoms with Gasteiger partial charge < -0.3 is 5.11 Å². The Morgan fingerprint density at radius 2 is 2.25 bits per heavy atom. The zero-order valence-electron chi connectivity index (χ0n) is 6.94. The lowest BCUT2D eigenvalue weighted by molar-refractivity contribution is 0.105. The molecule has 2 rings (SSSR count). The summed E-state index contributed by atoms with van der Waals surface area (Å²) in [6.07, 6.45) is 4.30. The van der Waals surface area contributed by atoms with Crippen LogP contribution in [0.4, 0.5) is 0 Å². The van der Waals surface area contributed by atoms with Gasteiger partial charge in [-0.2, -0.15) is 0 Å². The van der Waals surface area contributed by atoms with Crippen molar-refractivity contribution in [2.24, 2.45) is 0 Å². The van der Waals surface area contributed by atoms with Crippen LogP contribution in [0.1, 0.15) is 37.3 Å². The Labute approximate surface area is 76.3 Å². The summed E-state index contributed by atoms with van der Waals surface area (Å²) in [5.41, 5.74) is 2.93. The summed E-state index contributed by atoms with van der Waals surface area (Å²) in [5, 5.41) is 11.8. The molecule has 1 N–H and O–H groups in total. The third kappa shape index (κ3) is 1.52. The first-order valence-corrected chi connectivity index (χ1v) is 5.38. The Morgan fingerprint density at radius 3 is 2.92 bits per heavy atom. The summed E-state index contributed by atoms with van der Waals surface area (Å²) in [6, 6.07) is 0. The Balaban J connectivity index is 2.11. The van der Waals surface area contributed by atoms with Crippen LogP contribution in [0.25, 0.3) is 0 Å². The van der Waals surface area contributed by atoms with Crippen LogP contribution >= 0.6 is 11.3 Å². The van der Waals surface area contributed by atoms with Crippen molar-refractivity contribution >= 4 is 11.3 Å². The van der Waals surface area contributed by atoms with Gasteiger partial charge in [-0.05, 0) is 12.8 Å². The molecule has 1 fully saturated rings. The quantitative estimate of drug-likeness (QED) is 0.723. The lowest BCUT2D eigenvalue weighted by atomic mass is 9.85. The van der Waals surface area contributed by atoms with E-state index in [4.69, 9.17) is 0 Å². The third-order valence-corrected chi connectivity index (χ3v) is 3.17. The largest absolute Gasteiger partial charge is 0.392 e. The van der Waals surface area contributed by atoms with Crippen LogP contribution in [0.3, 0.4) is 0 Å². The van der Waals surface area contributed by atoms with E-state index in [0.717, 1.165) is 18.5 Å². The topological polar surface area (TPSA) is 33.1 Å². The fourth-order valence-electron chi connectivity index (χ4n) is 1.86. The van der Waals surface area contributed by atoms with Gasteiger partial charge in [0.15, 0.2) is 0 Å². The van der Waals surface area contributed by atoms with E-state index in [2.05, 4.69) is 10.4 Å². The number of aromatic nitrogens is 1. The van der Waals surface area contributed by atoms with E-state index in [1.165, 1.54) is 12.8 Å². The van der Waals surface area contributed by atoms with E-state index >= 15 is 0 Å². The van der Waals surface area contributed by atoms with Gasteiger partial charge in [-0.3, -0.25) is 0 Å². The van der Waals surface area contributed by atoms with Crippen molar-refractivity contribution in [3.8, 4) is 0 Å². The number of aliphatic hydroxyl groups excluding tert-OH is 1. The van der Waals surface area contributed by atoms with Crippen molar-refractivity contribution in [3.05, 3.63) is 16.6 Å². The van der Waals surface area contributed by atoms with Crippen molar-refractivity contribution in [3.63, 3.8) is 0 Å². The number of aliphatic hydroxyl groups is 1. The molecular weight excluding hydrogens is 170 g/mol. The molecule has 1 aliphatic rings. The average molecular weight is 183 g/mol. The molecule has 1 aromatic heterocycles. The molecule has 2 nitrogen and oxygen atoms in total. The van der Waals surface area contributed by atoms with E-state index in [9.17, 15) is 5.11 Å². The fraction of sp³-hybridized carbons (Fsp3) is 0.667. The monoisotopic (exact) mass is 183 g/mol. The minimum atomic E-state index is -0.152. The van der Waals surface area contributed by atoms with Crippen molar-refractivity contribution in [2.45, 2.75) is 37.7 Å². The van der Waals surface area contributed by atoms with E-state index in [1.54, 1.807) is 11.3 Å². The molecule has 1 aliphatic carbocycles. The summed E-state index contributed by atoms with van der Waals surface area (Å²) >= 11 is 1.61. The summed E-state index contributed by atoms with van der Waals surface area (Å²) in [6.45, 7) is 0. The molecule has 0 bridgehead atoms. The van der Waals surface area contributed by atoms with Crippen LogP contribution in [-0.2, 0) is 0 Å². The molecule has 1 saturated carbocycles. The molecular formula is C9H13NOS. The molecule has 66 valence electrons. The van der Waals surface area contributed by atoms with E-state index in [0.29, 0.717) is 5.92 Å². The van der Waals surface area contributed by atoms with Crippen molar-refractivity contribution < 1.29 is 5.11 Å². The second-order valence-corrected chi connectivity index (χ2v) is 4.09. The molecule has 0 aromatic carbocycles. The van der Waals surface area contributed by atoms with Gasteiger partial charge in [-0.1, -0.05) is 12.8 Å². The highest BCUT2D eigenvalue weighted by molar-refractivity contribution is 7.07. The molecule has 3 heteroatoms. The molecule has 0 amide bonds. The lowest BCUT2D eigenvalue weighted by Crippen LogP contribution is -2.22. The highest BCUT2D eigenvalue weighted by Gasteiger charge is 2.25. The molecule has 2 atom stereocenters. The van der Waals surface area contributed by atoms with Gasteiger partial charge in [0.25, 0.3) is 0 Å². The molecule has 1 heterocycles. The van der Waals surface area contributed by atoms with Crippen molar-refractivity contribution in [2.75, 3.05) is 0 Å². The summed E-state index contributed by atoms with van der Waals surface area (Å²) < 4.78 is 0. The zero-order chi connectivity index (χ0) is 8.39. The number of hydrogen-bond acceptors (Lipinski definition) is 3. The number of rotatable bonds is 1. The summed E-state index contributed by atoms with van der Waals surface area (Å²) in [7, 11) is 0. The van der Waals surface area contributed by atoms with Gasteiger partial charge in [0.1, 0.15) is 0 Å². The van der Waals surface area contributed by atoms with Crippen LogP contribution in [0.2, 0.25) is 0 Å². The number of hydrogen-bond donors (Lipinski definition) is 1. The van der Waals surface area contributed by atoms with Gasteiger partial charge in [0, 0.05) is 11.3 Å². The Kier molecular flexibility index (Phi) is 2.42. The van der Waals surface area contributed by atoms with E-state index in [1.807, 2.05) is 5.51 Å². The standard InChI is InChI=1S/C9H13NOS/c11-9-4-2-1-3-7(9)8-5-12-6-10-8/h5-7,9,11H,1-4H2. The number of nitrogens with zero attached hydrogens (tertiary/aromatic N) is 1. The predicted octanol–water partition coefficient (Wildman–Crippen LogP) is 2.16. The maximum atomic E-state index is 9.71. The second kappa shape index (κ2) is 3.54. The van der Waals surface area contributed by atoms with Crippen LogP contribution < -0.4 is 0 Å². The van der Waals surface area contributed by atoms with Crippen LogP contribution in [0, 0.1) is 0 Å². The smallest absolute Gasteiger partial charge is 0.0794 e. The third-order valence-electron chi connectivity index (χ3n) is 2.56. The van der Waals surface area contributed by atoms with E-state index < -0.39 is 0 Å². The molecule has 1 aromatic rings. The minimum Gasteiger partial charge on any atom is -0.392 e. The first kappa shape index (κ1) is 8.20. The van der Waals surface area contributed by atoms with Gasteiger partial charge in [0.05, 0.1) is 17.3 Å². The summed E-state index contributed by atoms with van der Waals surface area (Å²) in [4.78, 5) is 4.25. The maximum Gasteiger partial charge on any atom is 0.0794 e. The molecule has 0 radical (unpaired) electrons. The first-order chi connectivity index (χ1) is 5.88. The fourth-order valence-corrected chi connectivity index (χ4v) is 2.48. The predicted molar refractivity (Wildman–Crippen MR) is 49.3 cm³/mol. The normalized spacial score (nSPS) is 30.4. The SMILES string of the molecule is OC1CCCCC1c1cscn1. The van der Waals surface area contributed by atoms with Crippen LogP contribution in [0.15, 0.2) is 10.9 Å². The zero-order valence-corrected chi connectivity index (χ0v) is 7.76. The van der Waals surface area contributed by atoms with Crippen molar-refractivity contribution in [1.82, 2.24) is 4.98 Å². The van der Waals surface area contributed by atoms with Crippen molar-refractivity contribution in [1.29, 1.82) is 0 Å². The van der Waals surface area contributed by atoms with Gasteiger partial charge in [0.2, 0.25) is 0 Å². The average Bonchev–Trinajstić information content (AvgIpc) is 2.57. The first-order valence-electron chi connectivity index (χ1n) is 4.44. The van der Waals surface area contributed by atoms with Gasteiger partial charge in [-0.25, -0.2) is 4.98 Å². The second-order valence-electron chi connectivity index (χ2n) is 3.37. The molecule has 0 spiro atoms. The minimum absolute atomic E-state index is 0.152. The summed E-state index contributed by atoms with van der Waals surface area (Å²) in [5.74, 6) is 0.310. The lowest BCUT2D eigenvalue weighted by Gasteiger charge is -2.25. The van der Waals surface area contributed by atoms with Gasteiger partial charge >= 0.3 is 0 Å². The van der Waals surface area contributed by atoms with Crippen LogP contribution in [-0.4, -0.2) is 16.2 Å². The van der Waals surface area contributed by atoms with E-state index in [-0.39, 0.29) is 6.10 Å².